The molecular weight excluding hydrogens is 422 g/mol. The predicted molar refractivity (Wildman–Crippen MR) is 151 cm³/mol. The highest BCUT2D eigenvalue weighted by Gasteiger charge is 2.56. The lowest BCUT2D eigenvalue weighted by molar-refractivity contribution is 0.125. The van der Waals surface area contributed by atoms with E-state index in [0.29, 0.717) is 0 Å². The van der Waals surface area contributed by atoms with Gasteiger partial charge in [0.15, 0.2) is 0 Å². The Bertz CT molecular complexity index is 1360. The molecule has 0 atom stereocenters. The van der Waals surface area contributed by atoms with Gasteiger partial charge >= 0.3 is 0 Å². The molecule has 0 saturated heterocycles. The quantitative estimate of drug-likeness (QED) is 0.293. The zero-order valence-corrected chi connectivity index (χ0v) is 22.2. The van der Waals surface area contributed by atoms with Crippen LogP contribution in [0.25, 0.3) is 11.1 Å². The highest BCUT2D eigenvalue weighted by Crippen LogP contribution is 2.61. The first-order valence-corrected chi connectivity index (χ1v) is 12.7. The fourth-order valence-corrected chi connectivity index (χ4v) is 5.83. The van der Waals surface area contributed by atoms with Crippen LogP contribution in [-0.4, -0.2) is 0 Å². The Balaban J connectivity index is 1.55. The molecule has 35 heavy (non-hydrogen) atoms. The summed E-state index contributed by atoms with van der Waals surface area (Å²) in [5.74, 6) is 0. The van der Waals surface area contributed by atoms with Crippen LogP contribution in [0.1, 0.15) is 58.2 Å². The number of aryl methyl sites for hydroxylation is 1. The minimum absolute atomic E-state index is 0.108. The highest BCUT2D eigenvalue weighted by molar-refractivity contribution is 5.78. The maximum atomic E-state index is 2.44. The summed E-state index contributed by atoms with van der Waals surface area (Å²) >= 11 is 0. The summed E-state index contributed by atoms with van der Waals surface area (Å²) in [5.41, 5.74) is 10.7. The van der Waals surface area contributed by atoms with Gasteiger partial charge in [0.05, 0.1) is 0 Å². The molecule has 0 saturated carbocycles. The molecule has 0 aliphatic heterocycles. The molecule has 0 unspecified atom stereocenters. The summed E-state index contributed by atoms with van der Waals surface area (Å²) in [6, 6.07) is 35.4. The average molecular weight is 460 g/mol. The van der Waals surface area contributed by atoms with Crippen molar-refractivity contribution >= 4 is 17.1 Å². The average Bonchev–Trinajstić information content (AvgIpc) is 2.94. The van der Waals surface area contributed by atoms with E-state index in [1.807, 2.05) is 0 Å². The summed E-state index contributed by atoms with van der Waals surface area (Å²) in [5, 5.41) is 0. The van der Waals surface area contributed by atoms with Gasteiger partial charge in [-0.25, -0.2) is 0 Å². The van der Waals surface area contributed by atoms with E-state index in [1.165, 1.54) is 33.5 Å². The van der Waals surface area contributed by atoms with Crippen LogP contribution in [0.2, 0.25) is 0 Å². The largest absolute Gasteiger partial charge is 0.310 e. The number of rotatable bonds is 4. The molecule has 0 bridgehead atoms. The molecule has 1 nitrogen and oxygen atoms in total. The molecule has 4 aromatic rings. The number of hydrogen-bond donors (Lipinski definition) is 0. The summed E-state index contributed by atoms with van der Waals surface area (Å²) in [7, 11) is 0. The van der Waals surface area contributed by atoms with Crippen molar-refractivity contribution in [2.75, 3.05) is 4.90 Å². The molecule has 4 aromatic carbocycles. The third kappa shape index (κ3) is 3.60. The van der Waals surface area contributed by atoms with E-state index < -0.39 is 0 Å². The van der Waals surface area contributed by atoms with Gasteiger partial charge in [-0.1, -0.05) is 102 Å². The van der Waals surface area contributed by atoms with E-state index in [2.05, 4.69) is 150 Å². The number of nitrogens with zero attached hydrogens (tertiary/aromatic N) is 1. The van der Waals surface area contributed by atoms with Crippen molar-refractivity contribution in [3.63, 3.8) is 0 Å². The van der Waals surface area contributed by atoms with Crippen LogP contribution in [-0.2, 0) is 10.8 Å². The maximum Gasteiger partial charge on any atom is 0.0464 e. The number of benzene rings is 4. The second-order valence-electron chi connectivity index (χ2n) is 11.7. The smallest absolute Gasteiger partial charge is 0.0464 e. The fourth-order valence-electron chi connectivity index (χ4n) is 5.83. The minimum Gasteiger partial charge on any atom is -0.310 e. The molecule has 178 valence electrons. The Hall–Kier alpha value is -3.32. The molecule has 1 aliphatic carbocycles. The number of hydrogen-bond acceptors (Lipinski definition) is 1. The lowest BCUT2D eigenvalue weighted by Crippen LogP contribution is -2.42. The van der Waals surface area contributed by atoms with Crippen molar-refractivity contribution < 1.29 is 0 Å². The lowest BCUT2D eigenvalue weighted by Gasteiger charge is -2.44. The first kappa shape index (κ1) is 23.4. The van der Waals surface area contributed by atoms with E-state index in [1.54, 1.807) is 0 Å². The van der Waals surface area contributed by atoms with Gasteiger partial charge in [-0.15, -0.1) is 0 Å². The van der Waals surface area contributed by atoms with Crippen molar-refractivity contribution in [3.8, 4) is 11.1 Å². The first-order chi connectivity index (χ1) is 16.5. The molecule has 0 fully saturated rings. The number of fused-ring (bicyclic) bond motifs is 1. The molecule has 0 aromatic heterocycles. The third-order valence-electron chi connectivity index (χ3n) is 9.22. The maximum absolute atomic E-state index is 2.44. The normalized spacial score (nSPS) is 17.1. The van der Waals surface area contributed by atoms with Crippen molar-refractivity contribution in [2.45, 2.75) is 59.3 Å². The lowest BCUT2D eigenvalue weighted by atomic mass is 9.59. The number of para-hydroxylation sites is 1. The van der Waals surface area contributed by atoms with Crippen LogP contribution in [0.4, 0.5) is 17.1 Å². The molecule has 0 amide bonds. The van der Waals surface area contributed by atoms with E-state index in [4.69, 9.17) is 0 Å². The van der Waals surface area contributed by atoms with Gasteiger partial charge in [-0.05, 0) is 87.4 Å². The van der Waals surface area contributed by atoms with Crippen LogP contribution >= 0.6 is 0 Å². The van der Waals surface area contributed by atoms with Gasteiger partial charge < -0.3 is 4.90 Å². The van der Waals surface area contributed by atoms with Crippen molar-refractivity contribution in [1.82, 2.24) is 0 Å². The van der Waals surface area contributed by atoms with Crippen molar-refractivity contribution in [3.05, 3.63) is 114 Å². The molecular formula is C34H37N. The zero-order chi connectivity index (χ0) is 25.0. The van der Waals surface area contributed by atoms with Crippen LogP contribution < -0.4 is 4.90 Å². The Morgan fingerprint density at radius 1 is 0.486 bits per heavy atom. The Morgan fingerprint density at radius 2 is 1.06 bits per heavy atom. The molecule has 0 radical (unpaired) electrons. The van der Waals surface area contributed by atoms with E-state index >= 15 is 0 Å². The third-order valence-corrected chi connectivity index (χ3v) is 9.22. The van der Waals surface area contributed by atoms with E-state index in [-0.39, 0.29) is 16.2 Å². The topological polar surface area (TPSA) is 3.24 Å². The molecule has 5 rings (SSSR count). The van der Waals surface area contributed by atoms with Gasteiger partial charge in [0, 0.05) is 17.1 Å². The Kier molecular flexibility index (Phi) is 5.44. The van der Waals surface area contributed by atoms with E-state index in [9.17, 15) is 0 Å². The summed E-state index contributed by atoms with van der Waals surface area (Å²) in [6.07, 6.45) is 0. The second kappa shape index (κ2) is 8.12. The molecule has 0 N–H and O–H groups in total. The monoisotopic (exact) mass is 459 g/mol. The molecule has 1 aliphatic rings. The highest BCUT2D eigenvalue weighted by atomic mass is 15.1. The SMILES string of the molecule is Cc1cccc(N(c2ccccc2)c2ccc(-c3ccc4c(c3)C(C)(C)C(C)(C)C4(C)C)cc2)c1. The molecule has 0 spiro atoms. The van der Waals surface area contributed by atoms with Crippen LogP contribution in [0.3, 0.4) is 0 Å². The predicted octanol–water partition coefficient (Wildman–Crippen LogP) is 9.73. The van der Waals surface area contributed by atoms with Crippen molar-refractivity contribution in [1.29, 1.82) is 0 Å². The van der Waals surface area contributed by atoms with Gasteiger partial charge in [0.2, 0.25) is 0 Å². The molecule has 1 heteroatoms. The molecule has 0 heterocycles. The summed E-state index contributed by atoms with van der Waals surface area (Å²) < 4.78 is 0. The van der Waals surface area contributed by atoms with Crippen LogP contribution in [0, 0.1) is 12.3 Å². The summed E-state index contributed by atoms with van der Waals surface area (Å²) in [6.45, 7) is 16.6. The zero-order valence-electron chi connectivity index (χ0n) is 22.2. The second-order valence-corrected chi connectivity index (χ2v) is 11.7. The standard InChI is InChI=1S/C34H37N/c1-24-12-11-15-29(22-24)35(27-13-9-8-10-14-27)28-19-16-25(17-20-28)26-18-21-30-31(23-26)33(4,5)34(6,7)32(30,2)3/h8-23H,1-7H3. The van der Waals surface area contributed by atoms with Gasteiger partial charge in [-0.2, -0.15) is 0 Å². The summed E-state index contributed by atoms with van der Waals surface area (Å²) in [4.78, 5) is 2.33. The van der Waals surface area contributed by atoms with Gasteiger partial charge in [-0.3, -0.25) is 0 Å². The van der Waals surface area contributed by atoms with Gasteiger partial charge in [0.25, 0.3) is 0 Å². The van der Waals surface area contributed by atoms with E-state index in [0.717, 1.165) is 11.4 Å². The Labute approximate surface area is 211 Å². The fraction of sp³-hybridized carbons (Fsp3) is 0.294. The van der Waals surface area contributed by atoms with Crippen LogP contribution in [0.15, 0.2) is 97.1 Å². The minimum atomic E-state index is 0.108. The van der Waals surface area contributed by atoms with Crippen LogP contribution in [0.5, 0.6) is 0 Å². The Morgan fingerprint density at radius 3 is 1.71 bits per heavy atom. The van der Waals surface area contributed by atoms with Crippen molar-refractivity contribution in [2.24, 2.45) is 5.41 Å². The number of anilines is 3. The van der Waals surface area contributed by atoms with Gasteiger partial charge in [0.1, 0.15) is 0 Å². The first-order valence-electron chi connectivity index (χ1n) is 12.7.